The van der Waals surface area contributed by atoms with E-state index in [1.165, 1.54) is 91.0 Å². The van der Waals surface area contributed by atoms with E-state index in [1.54, 1.807) is 5.56 Å². The maximum atomic E-state index is 3.06. The first kappa shape index (κ1) is 21.5. The Morgan fingerprint density at radius 3 is 2.42 bits per heavy atom. The van der Waals surface area contributed by atoms with Crippen LogP contribution in [0.2, 0.25) is 0 Å². The van der Waals surface area contributed by atoms with Gasteiger partial charge in [0.15, 0.2) is 0 Å². The summed E-state index contributed by atoms with van der Waals surface area (Å²) in [4.78, 5) is 3.06. The Morgan fingerprint density at radius 1 is 0.806 bits per heavy atom. The molecule has 0 amide bonds. The third-order valence-electron chi connectivity index (χ3n) is 11.2. The predicted molar refractivity (Wildman–Crippen MR) is 150 cm³/mol. The van der Waals surface area contributed by atoms with Crippen LogP contribution in [0.15, 0.2) is 66.7 Å². The van der Waals surface area contributed by atoms with Crippen molar-refractivity contribution in [1.82, 2.24) is 9.47 Å². The van der Waals surface area contributed by atoms with Gasteiger partial charge in [0, 0.05) is 40.0 Å². The molecule has 3 aromatic carbocycles. The monoisotopic (exact) mass is 474 g/mol. The summed E-state index contributed by atoms with van der Waals surface area (Å²) in [6.07, 6.45) is 11.5. The molecule has 0 radical (unpaired) electrons. The summed E-state index contributed by atoms with van der Waals surface area (Å²) in [5.41, 5.74) is 7.90. The molecular weight excluding hydrogens is 436 g/mol. The number of fused-ring (bicyclic) bond motifs is 3. The van der Waals surface area contributed by atoms with Gasteiger partial charge < -0.3 is 4.57 Å². The molecule has 4 bridgehead atoms. The topological polar surface area (TPSA) is 8.17 Å². The molecule has 184 valence electrons. The van der Waals surface area contributed by atoms with Crippen LogP contribution in [0.3, 0.4) is 0 Å². The SMILES string of the molecule is Cc1cc2c(cc1C13CC4CC(C1)C1(CCCCC1)N(C4)C3C)c1ccccc1n2-c1ccccc1. The van der Waals surface area contributed by atoms with Gasteiger partial charge in [0.25, 0.3) is 0 Å². The van der Waals surface area contributed by atoms with Crippen LogP contribution >= 0.6 is 0 Å². The number of nitrogens with zero attached hydrogens (tertiary/aromatic N) is 2. The van der Waals surface area contributed by atoms with Crippen LogP contribution in [0.4, 0.5) is 0 Å². The van der Waals surface area contributed by atoms with Gasteiger partial charge in [-0.1, -0.05) is 55.7 Å². The van der Waals surface area contributed by atoms with Crippen LogP contribution < -0.4 is 0 Å². The van der Waals surface area contributed by atoms with Crippen molar-refractivity contribution in [3.8, 4) is 5.69 Å². The standard InChI is InChI=1S/C34H38N2/c1-23-17-32-29(28-13-7-8-14-31(28)36(32)27-11-5-3-6-12-27)19-30(23)33-20-25-18-26(21-33)34(15-9-4-10-16-34)35(22-25)24(33)2/h3,5-8,11-14,17,19,24-26H,4,9-10,15-16,18,20-22H2,1-2H3. The molecule has 1 spiro atoms. The van der Waals surface area contributed by atoms with E-state index in [1.807, 2.05) is 0 Å². The van der Waals surface area contributed by atoms with E-state index in [4.69, 9.17) is 0 Å². The van der Waals surface area contributed by atoms with E-state index in [0.717, 1.165) is 11.8 Å². The Morgan fingerprint density at radius 2 is 1.58 bits per heavy atom. The highest BCUT2D eigenvalue weighted by molar-refractivity contribution is 6.09. The van der Waals surface area contributed by atoms with Gasteiger partial charge in [-0.25, -0.2) is 0 Å². The minimum Gasteiger partial charge on any atom is -0.309 e. The predicted octanol–water partition coefficient (Wildman–Crippen LogP) is 8.17. The van der Waals surface area contributed by atoms with Crippen LogP contribution in [-0.4, -0.2) is 27.6 Å². The second-order valence-corrected chi connectivity index (χ2v) is 12.7. The second-order valence-electron chi connectivity index (χ2n) is 12.7. The fourth-order valence-corrected chi connectivity index (χ4v) is 9.85. The van der Waals surface area contributed by atoms with Crippen LogP contribution in [0.25, 0.3) is 27.5 Å². The molecule has 1 aromatic heterocycles. The first-order valence-corrected chi connectivity index (χ1v) is 14.5. The summed E-state index contributed by atoms with van der Waals surface area (Å²) in [5.74, 6) is 1.77. The Balaban J connectivity index is 1.33. The quantitative estimate of drug-likeness (QED) is 0.284. The van der Waals surface area contributed by atoms with E-state index in [2.05, 4.69) is 90.0 Å². The Bertz CT molecular complexity index is 1470. The second kappa shape index (κ2) is 7.48. The molecule has 2 saturated carbocycles. The first-order chi connectivity index (χ1) is 17.6. The molecule has 4 heterocycles. The van der Waals surface area contributed by atoms with Crippen molar-refractivity contribution in [3.63, 3.8) is 0 Å². The lowest BCUT2D eigenvalue weighted by molar-refractivity contribution is -0.182. The van der Waals surface area contributed by atoms with Gasteiger partial charge >= 0.3 is 0 Å². The van der Waals surface area contributed by atoms with Crippen LogP contribution in [-0.2, 0) is 5.41 Å². The van der Waals surface area contributed by atoms with Crippen LogP contribution in [0.1, 0.15) is 69.4 Å². The summed E-state index contributed by atoms with van der Waals surface area (Å²) in [6.45, 7) is 6.36. The fourth-order valence-electron chi connectivity index (χ4n) is 9.85. The Kier molecular flexibility index (Phi) is 4.47. The summed E-state index contributed by atoms with van der Waals surface area (Å²) < 4.78 is 2.48. The van der Waals surface area contributed by atoms with Crippen molar-refractivity contribution in [2.75, 3.05) is 6.54 Å². The van der Waals surface area contributed by atoms with Crippen molar-refractivity contribution < 1.29 is 0 Å². The minimum atomic E-state index is 0.308. The van der Waals surface area contributed by atoms with Crippen molar-refractivity contribution in [1.29, 1.82) is 0 Å². The van der Waals surface area contributed by atoms with E-state index >= 15 is 0 Å². The van der Waals surface area contributed by atoms with Gasteiger partial charge in [0.1, 0.15) is 0 Å². The molecular formula is C34H38N2. The highest BCUT2D eigenvalue weighted by Crippen LogP contribution is 2.64. The number of hydrogen-bond donors (Lipinski definition) is 0. The van der Waals surface area contributed by atoms with Gasteiger partial charge in [-0.3, -0.25) is 4.90 Å². The zero-order chi connectivity index (χ0) is 24.1. The van der Waals surface area contributed by atoms with Crippen molar-refractivity contribution in [2.24, 2.45) is 11.8 Å². The number of para-hydroxylation sites is 2. The number of piperidine rings is 3. The molecule has 3 saturated heterocycles. The maximum Gasteiger partial charge on any atom is 0.0543 e. The summed E-state index contributed by atoms with van der Waals surface area (Å²) >= 11 is 0. The van der Waals surface area contributed by atoms with Crippen molar-refractivity contribution in [3.05, 3.63) is 77.9 Å². The van der Waals surface area contributed by atoms with Gasteiger partial charge in [-0.15, -0.1) is 0 Å². The lowest BCUT2D eigenvalue weighted by Gasteiger charge is -2.71. The van der Waals surface area contributed by atoms with Gasteiger partial charge in [0.05, 0.1) is 11.0 Å². The van der Waals surface area contributed by atoms with Crippen LogP contribution in [0, 0.1) is 18.8 Å². The Hall–Kier alpha value is -2.58. The Labute approximate surface area is 215 Å². The third kappa shape index (κ3) is 2.67. The first-order valence-electron chi connectivity index (χ1n) is 14.5. The average molecular weight is 475 g/mol. The van der Waals surface area contributed by atoms with E-state index in [9.17, 15) is 0 Å². The largest absolute Gasteiger partial charge is 0.309 e. The maximum absolute atomic E-state index is 3.06. The van der Waals surface area contributed by atoms with E-state index < -0.39 is 0 Å². The average Bonchev–Trinajstić information content (AvgIpc) is 3.23. The molecule has 36 heavy (non-hydrogen) atoms. The molecule has 3 aliphatic heterocycles. The number of benzene rings is 3. The highest BCUT2D eigenvalue weighted by Gasteiger charge is 2.64. The van der Waals surface area contributed by atoms with E-state index in [0.29, 0.717) is 17.0 Å². The summed E-state index contributed by atoms with van der Waals surface area (Å²) in [6, 6.07) is 25.7. The van der Waals surface area contributed by atoms with Crippen LogP contribution in [0.5, 0.6) is 0 Å². The minimum absolute atomic E-state index is 0.308. The number of rotatable bonds is 2. The molecule has 2 nitrogen and oxygen atoms in total. The highest BCUT2D eigenvalue weighted by atomic mass is 15.3. The number of aryl methyl sites for hydroxylation is 1. The molecule has 2 aliphatic carbocycles. The zero-order valence-electron chi connectivity index (χ0n) is 21.8. The molecule has 5 aliphatic rings. The third-order valence-corrected chi connectivity index (χ3v) is 11.2. The van der Waals surface area contributed by atoms with Crippen molar-refractivity contribution in [2.45, 2.75) is 82.2 Å². The molecule has 0 N–H and O–H groups in total. The lowest BCUT2D eigenvalue weighted by atomic mass is 9.47. The van der Waals surface area contributed by atoms with Gasteiger partial charge in [-0.05, 0) is 99.2 Å². The molecule has 2 heteroatoms. The molecule has 5 unspecified atom stereocenters. The molecule has 5 atom stereocenters. The summed E-state index contributed by atoms with van der Waals surface area (Å²) in [5, 5.41) is 2.82. The lowest BCUT2D eigenvalue weighted by Crippen LogP contribution is -2.75. The number of aromatic nitrogens is 1. The van der Waals surface area contributed by atoms with E-state index in [-0.39, 0.29) is 0 Å². The molecule has 5 fully saturated rings. The molecule has 9 rings (SSSR count). The fraction of sp³-hybridized carbons (Fsp3) is 0.471. The number of hydrogen-bond acceptors (Lipinski definition) is 1. The zero-order valence-corrected chi connectivity index (χ0v) is 21.8. The van der Waals surface area contributed by atoms with Gasteiger partial charge in [-0.2, -0.15) is 0 Å². The molecule has 4 aromatic rings. The smallest absolute Gasteiger partial charge is 0.0543 e. The normalized spacial score (nSPS) is 32.6. The summed E-state index contributed by atoms with van der Waals surface area (Å²) in [7, 11) is 0. The van der Waals surface area contributed by atoms with Crippen molar-refractivity contribution >= 4 is 21.8 Å². The van der Waals surface area contributed by atoms with Gasteiger partial charge in [0.2, 0.25) is 0 Å².